The van der Waals surface area contributed by atoms with E-state index in [4.69, 9.17) is 0 Å². The minimum atomic E-state index is 0.307. The zero-order valence-corrected chi connectivity index (χ0v) is 6.65. The number of allylic oxidation sites excluding steroid dienone is 1. The summed E-state index contributed by atoms with van der Waals surface area (Å²) in [5, 5.41) is 0.470. The largest absolute Gasteiger partial charge is 0.326 e. The molecule has 3 heteroatoms. The Labute approximate surface area is 64.3 Å². The molecule has 1 fully saturated rings. The van der Waals surface area contributed by atoms with Gasteiger partial charge in [-0.05, 0) is 11.8 Å². The number of carbonyl (C=O) groups is 1. The molecule has 2 aliphatic heterocycles. The van der Waals surface area contributed by atoms with Gasteiger partial charge in [0.1, 0.15) is 0 Å². The van der Waals surface area contributed by atoms with Crippen LogP contribution in [0.1, 0.15) is 13.3 Å². The van der Waals surface area contributed by atoms with Crippen molar-refractivity contribution in [1.29, 1.82) is 0 Å². The molecule has 0 aliphatic carbocycles. The van der Waals surface area contributed by atoms with E-state index in [2.05, 4.69) is 13.0 Å². The van der Waals surface area contributed by atoms with Gasteiger partial charge in [-0.3, -0.25) is 4.79 Å². The van der Waals surface area contributed by atoms with Crippen LogP contribution in [0, 0.1) is 0 Å². The Balaban J connectivity index is 2.12. The summed E-state index contributed by atoms with van der Waals surface area (Å²) >= 11 is 1.81. The van der Waals surface area contributed by atoms with Crippen molar-refractivity contribution in [3.8, 4) is 0 Å². The molecule has 2 aliphatic rings. The highest BCUT2D eigenvalue weighted by atomic mass is 32.2. The molecule has 0 unspecified atom stereocenters. The molecular formula is C7H9NOS. The lowest BCUT2D eigenvalue weighted by atomic mass is 10.2. The lowest BCUT2D eigenvalue weighted by Gasteiger charge is -2.42. The Morgan fingerprint density at radius 2 is 2.60 bits per heavy atom. The van der Waals surface area contributed by atoms with Crippen molar-refractivity contribution < 1.29 is 4.79 Å². The molecule has 0 aromatic rings. The molecule has 2 rings (SSSR count). The van der Waals surface area contributed by atoms with Crippen LogP contribution in [0.5, 0.6) is 0 Å². The predicted octanol–water partition coefficient (Wildman–Crippen LogP) is 1.20. The molecule has 2 nitrogen and oxygen atoms in total. The van der Waals surface area contributed by atoms with Gasteiger partial charge in [0, 0.05) is 6.54 Å². The number of amides is 1. The van der Waals surface area contributed by atoms with Crippen LogP contribution < -0.4 is 0 Å². The van der Waals surface area contributed by atoms with E-state index in [9.17, 15) is 4.79 Å². The molecule has 0 saturated carbocycles. The first kappa shape index (κ1) is 6.28. The van der Waals surface area contributed by atoms with Crippen LogP contribution in [0.15, 0.2) is 11.0 Å². The Morgan fingerprint density at radius 3 is 3.20 bits per heavy atom. The number of β-lactam (4-membered cyclic amide) rings is 1. The number of hydrogen-bond acceptors (Lipinski definition) is 2. The van der Waals surface area contributed by atoms with Gasteiger partial charge in [0.05, 0.1) is 11.8 Å². The van der Waals surface area contributed by atoms with E-state index in [0.717, 1.165) is 13.0 Å². The van der Waals surface area contributed by atoms with Gasteiger partial charge >= 0.3 is 0 Å². The van der Waals surface area contributed by atoms with Gasteiger partial charge in [-0.25, -0.2) is 0 Å². The topological polar surface area (TPSA) is 20.3 Å². The quantitative estimate of drug-likeness (QED) is 0.490. The van der Waals surface area contributed by atoms with E-state index >= 15 is 0 Å². The molecule has 0 aromatic heterocycles. The first-order valence-electron chi connectivity index (χ1n) is 3.40. The van der Waals surface area contributed by atoms with Crippen LogP contribution in [0.25, 0.3) is 0 Å². The molecule has 0 aromatic carbocycles. The summed E-state index contributed by atoms with van der Waals surface area (Å²) < 4.78 is 0. The number of thioether (sulfide) groups is 1. The van der Waals surface area contributed by atoms with Gasteiger partial charge in [0.2, 0.25) is 5.91 Å². The van der Waals surface area contributed by atoms with Crippen LogP contribution in [-0.2, 0) is 4.79 Å². The summed E-state index contributed by atoms with van der Waals surface area (Å²) in [6.07, 6.45) is 2.86. The summed E-state index contributed by atoms with van der Waals surface area (Å²) in [5.41, 5.74) is 0. The summed E-state index contributed by atoms with van der Waals surface area (Å²) in [7, 11) is 0. The number of rotatable bonds is 0. The molecule has 54 valence electrons. The van der Waals surface area contributed by atoms with Crippen molar-refractivity contribution in [2.75, 3.05) is 6.54 Å². The van der Waals surface area contributed by atoms with Gasteiger partial charge < -0.3 is 4.90 Å². The van der Waals surface area contributed by atoms with E-state index in [0.29, 0.717) is 11.3 Å². The van der Waals surface area contributed by atoms with Crippen molar-refractivity contribution >= 4 is 17.7 Å². The first-order valence-corrected chi connectivity index (χ1v) is 4.28. The highest BCUT2D eigenvalue weighted by molar-refractivity contribution is 8.03. The summed E-state index contributed by atoms with van der Waals surface area (Å²) in [5.74, 6) is 0.307. The molecule has 1 saturated heterocycles. The maximum absolute atomic E-state index is 10.9. The van der Waals surface area contributed by atoms with Crippen LogP contribution >= 0.6 is 11.8 Å². The van der Waals surface area contributed by atoms with Crippen LogP contribution in [0.3, 0.4) is 0 Å². The van der Waals surface area contributed by atoms with E-state index in [1.54, 1.807) is 11.8 Å². The fourth-order valence-corrected chi connectivity index (χ4v) is 2.40. The maximum atomic E-state index is 10.9. The van der Waals surface area contributed by atoms with Crippen LogP contribution in [-0.4, -0.2) is 22.7 Å². The third-order valence-corrected chi connectivity index (χ3v) is 3.15. The van der Waals surface area contributed by atoms with Crippen molar-refractivity contribution in [1.82, 2.24) is 4.90 Å². The molecule has 0 N–H and O–H groups in total. The SMILES string of the molecule is CC1=CCN2C(=O)C[C@H]2S1. The number of fused-ring (bicyclic) bond motifs is 1. The highest BCUT2D eigenvalue weighted by Crippen LogP contribution is 2.37. The van der Waals surface area contributed by atoms with Crippen molar-refractivity contribution in [3.05, 3.63) is 11.0 Å². The summed E-state index contributed by atoms with van der Waals surface area (Å²) in [4.78, 5) is 14.1. The second-order valence-electron chi connectivity index (χ2n) is 2.64. The molecule has 2 heterocycles. The van der Waals surface area contributed by atoms with E-state index in [1.165, 1.54) is 4.91 Å². The number of carbonyl (C=O) groups excluding carboxylic acids is 1. The molecule has 0 bridgehead atoms. The Kier molecular flexibility index (Phi) is 1.27. The molecule has 0 spiro atoms. The van der Waals surface area contributed by atoms with E-state index < -0.39 is 0 Å². The van der Waals surface area contributed by atoms with Crippen LogP contribution in [0.4, 0.5) is 0 Å². The Morgan fingerprint density at radius 1 is 1.80 bits per heavy atom. The Bertz CT molecular complexity index is 212. The maximum Gasteiger partial charge on any atom is 0.226 e. The molecule has 1 amide bonds. The highest BCUT2D eigenvalue weighted by Gasteiger charge is 2.37. The number of hydrogen-bond donors (Lipinski definition) is 0. The second-order valence-corrected chi connectivity index (χ2v) is 4.06. The summed E-state index contributed by atoms with van der Waals surface area (Å²) in [6, 6.07) is 0. The van der Waals surface area contributed by atoms with E-state index in [-0.39, 0.29) is 0 Å². The lowest BCUT2D eigenvalue weighted by Crippen LogP contribution is -2.51. The standard InChI is InChI=1S/C7H9NOS/c1-5-2-3-8-6(9)4-7(8)10-5/h2,7H,3-4H2,1H3/t7-/m1/s1. The number of nitrogens with zero attached hydrogens (tertiary/aromatic N) is 1. The average molecular weight is 155 g/mol. The molecule has 1 atom stereocenters. The normalized spacial score (nSPS) is 30.9. The van der Waals surface area contributed by atoms with Gasteiger partial charge in [-0.2, -0.15) is 0 Å². The van der Waals surface area contributed by atoms with Gasteiger partial charge in [0.25, 0.3) is 0 Å². The Hall–Kier alpha value is -0.440. The van der Waals surface area contributed by atoms with Gasteiger partial charge in [-0.15, -0.1) is 11.8 Å². The van der Waals surface area contributed by atoms with Crippen molar-refractivity contribution in [2.24, 2.45) is 0 Å². The van der Waals surface area contributed by atoms with Crippen LogP contribution in [0.2, 0.25) is 0 Å². The lowest BCUT2D eigenvalue weighted by molar-refractivity contribution is -0.140. The monoisotopic (exact) mass is 155 g/mol. The zero-order valence-electron chi connectivity index (χ0n) is 5.83. The minimum absolute atomic E-state index is 0.307. The molecular weight excluding hydrogens is 146 g/mol. The fraction of sp³-hybridized carbons (Fsp3) is 0.571. The second kappa shape index (κ2) is 2.02. The third-order valence-electron chi connectivity index (χ3n) is 1.91. The van der Waals surface area contributed by atoms with Crippen molar-refractivity contribution in [3.63, 3.8) is 0 Å². The first-order chi connectivity index (χ1) is 4.77. The smallest absolute Gasteiger partial charge is 0.226 e. The fourth-order valence-electron chi connectivity index (χ4n) is 1.24. The van der Waals surface area contributed by atoms with Gasteiger partial charge in [-0.1, -0.05) is 6.08 Å². The zero-order chi connectivity index (χ0) is 7.14. The molecule has 10 heavy (non-hydrogen) atoms. The van der Waals surface area contributed by atoms with Crippen molar-refractivity contribution in [2.45, 2.75) is 18.7 Å². The third kappa shape index (κ3) is 0.770. The molecule has 0 radical (unpaired) electrons. The average Bonchev–Trinajstić information content (AvgIpc) is 1.86. The summed E-state index contributed by atoms with van der Waals surface area (Å²) in [6.45, 7) is 2.94. The minimum Gasteiger partial charge on any atom is -0.326 e. The predicted molar refractivity (Wildman–Crippen MR) is 41.5 cm³/mol. The van der Waals surface area contributed by atoms with E-state index in [1.807, 2.05) is 4.90 Å². The van der Waals surface area contributed by atoms with Gasteiger partial charge in [0.15, 0.2) is 0 Å².